The maximum atomic E-state index is 5.63. The van der Waals surface area contributed by atoms with Crippen molar-refractivity contribution in [1.82, 2.24) is 14.1 Å². The average Bonchev–Trinajstić information content (AvgIpc) is 4.16. The molecule has 1 radical (unpaired) electrons. The van der Waals surface area contributed by atoms with Crippen molar-refractivity contribution in [3.05, 3.63) is 236 Å². The second-order valence-corrected chi connectivity index (χ2v) is 20.4. The quantitative estimate of drug-likeness (QED) is 0.127. The van der Waals surface area contributed by atoms with Crippen molar-refractivity contribution in [3.63, 3.8) is 0 Å². The molecule has 0 amide bonds. The smallest absolute Gasteiger partial charge is 0.129 e. The Morgan fingerprint density at radius 2 is 0.789 bits per heavy atom. The van der Waals surface area contributed by atoms with Crippen LogP contribution in [0.4, 0.5) is 11.4 Å². The van der Waals surface area contributed by atoms with Crippen LogP contribution in [0.5, 0.6) is 0 Å². The van der Waals surface area contributed by atoms with E-state index in [-0.39, 0.29) is 33.2 Å². The SMILES string of the molecule is CC(C)(C)c1cc(N2[CH-]N(c3c(-n4c5ccccc5c5ccccc54)cccc3-n3c4ccccc4c4ccccc43)N=C2c2ccccc2)cc(C(C)(C)C)c1.[Au].c1ccc2c(c1)[n-]c1ccccc12. The molecule has 71 heavy (non-hydrogen) atoms. The van der Waals surface area contributed by atoms with Gasteiger partial charge in [0.05, 0.1) is 39.1 Å². The molecule has 0 bridgehead atoms. The van der Waals surface area contributed by atoms with Gasteiger partial charge in [-0.2, -0.15) is 5.10 Å². The van der Waals surface area contributed by atoms with Crippen LogP contribution in [0.1, 0.15) is 58.2 Å². The van der Waals surface area contributed by atoms with Crippen LogP contribution in [-0.4, -0.2) is 15.0 Å². The van der Waals surface area contributed by atoms with Crippen molar-refractivity contribution >= 4 is 82.6 Å². The van der Waals surface area contributed by atoms with Gasteiger partial charge in [0, 0.05) is 55.2 Å². The number of hydrazone groups is 1. The Labute approximate surface area is 431 Å². The molecule has 0 saturated carbocycles. The predicted octanol–water partition coefficient (Wildman–Crippen LogP) is 16.2. The van der Waals surface area contributed by atoms with Gasteiger partial charge < -0.3 is 24.0 Å². The maximum Gasteiger partial charge on any atom is 0.129 e. The second-order valence-electron chi connectivity index (χ2n) is 20.4. The Kier molecular flexibility index (Phi) is 11.6. The standard InChI is InChI=1S/C52H46N5.C12H8N.Au/c1-51(2,3)36-31-37(52(4,5)6)33-38(32-36)54-34-55(53-50(54)35-19-8-7-9-20-35)49-47(56-43-25-14-10-21-39(43)40-22-11-15-26-44(40)56)29-18-30-48(49)57-45-27-16-12-23-41(45)42-24-13-17-28-46(42)57;1-3-7-11-9(5-1)10-6-2-4-8-12(10)13-11;/h7-34H,1-6H3;1-8H;/q2*-1;. The number of amidine groups is 1. The maximum absolute atomic E-state index is 5.63. The molecular weight excluding hydrogens is 1050 g/mol. The van der Waals surface area contributed by atoms with Crippen LogP contribution in [0.2, 0.25) is 0 Å². The molecule has 1 aliphatic rings. The summed E-state index contributed by atoms with van der Waals surface area (Å²) in [6, 6.07) is 75.8. The van der Waals surface area contributed by atoms with Crippen molar-refractivity contribution in [2.75, 3.05) is 9.91 Å². The Bertz CT molecular complexity index is 3650. The predicted molar refractivity (Wildman–Crippen MR) is 296 cm³/mol. The summed E-state index contributed by atoms with van der Waals surface area (Å²) in [5, 5.41) is 15.1. The van der Waals surface area contributed by atoms with Gasteiger partial charge in [-0.1, -0.05) is 205 Å². The normalized spacial score (nSPS) is 13.1. The number of hydrogen-bond donors (Lipinski definition) is 0. The minimum atomic E-state index is -0.0493. The molecule has 1 aliphatic heterocycles. The van der Waals surface area contributed by atoms with E-state index in [2.05, 4.69) is 272 Å². The third-order valence-electron chi connectivity index (χ3n) is 13.8. The van der Waals surface area contributed by atoms with E-state index in [9.17, 15) is 0 Å². The van der Waals surface area contributed by atoms with Gasteiger partial charge in [0.15, 0.2) is 0 Å². The number of rotatable bonds is 5. The van der Waals surface area contributed by atoms with Gasteiger partial charge in [-0.25, -0.2) is 0 Å². The van der Waals surface area contributed by atoms with E-state index in [0.29, 0.717) is 0 Å². The first-order valence-electron chi connectivity index (χ1n) is 24.3. The Hall–Kier alpha value is -7.61. The van der Waals surface area contributed by atoms with Gasteiger partial charge in [-0.15, -0.1) is 17.7 Å². The van der Waals surface area contributed by atoms with Crippen LogP contribution in [0.3, 0.4) is 0 Å². The van der Waals surface area contributed by atoms with Crippen molar-refractivity contribution < 1.29 is 22.4 Å². The number of fused-ring (bicyclic) bond motifs is 9. The topological polar surface area (TPSA) is 42.8 Å². The minimum Gasteiger partial charge on any atom is -0.657 e. The third kappa shape index (κ3) is 8.02. The van der Waals surface area contributed by atoms with Crippen LogP contribution >= 0.6 is 0 Å². The van der Waals surface area contributed by atoms with Crippen LogP contribution < -0.4 is 14.9 Å². The summed E-state index contributed by atoms with van der Waals surface area (Å²) in [7, 11) is 0. The molecule has 0 N–H and O–H groups in total. The molecule has 3 aromatic heterocycles. The number of aromatic nitrogens is 3. The minimum absolute atomic E-state index is 0. The summed E-state index contributed by atoms with van der Waals surface area (Å²) < 4.78 is 4.84. The van der Waals surface area contributed by atoms with E-state index < -0.39 is 0 Å². The third-order valence-corrected chi connectivity index (χ3v) is 13.8. The van der Waals surface area contributed by atoms with Gasteiger partial charge in [0.2, 0.25) is 0 Å². The van der Waals surface area contributed by atoms with Gasteiger partial charge in [0.25, 0.3) is 0 Å². The molecule has 12 aromatic rings. The molecule has 7 heteroatoms. The largest absolute Gasteiger partial charge is 0.657 e. The first kappa shape index (κ1) is 45.8. The number of benzene rings is 9. The van der Waals surface area contributed by atoms with E-state index >= 15 is 0 Å². The van der Waals surface area contributed by atoms with E-state index in [0.717, 1.165) is 67.2 Å². The molecule has 4 heterocycles. The molecule has 0 unspecified atom stereocenters. The molecule has 6 nitrogen and oxygen atoms in total. The Balaban J connectivity index is 0.000000336. The van der Waals surface area contributed by atoms with Crippen molar-refractivity contribution in [2.45, 2.75) is 52.4 Å². The van der Waals surface area contributed by atoms with Gasteiger partial charge in [0.1, 0.15) is 5.84 Å². The Morgan fingerprint density at radius 3 is 1.21 bits per heavy atom. The molecule has 353 valence electrons. The summed E-state index contributed by atoms with van der Waals surface area (Å²) in [6.45, 7) is 16.0. The summed E-state index contributed by atoms with van der Waals surface area (Å²) in [4.78, 5) is 6.80. The number of anilines is 2. The Morgan fingerprint density at radius 1 is 0.408 bits per heavy atom. The number of para-hydroxylation sites is 7. The van der Waals surface area contributed by atoms with Crippen molar-refractivity contribution in [3.8, 4) is 11.4 Å². The fourth-order valence-corrected chi connectivity index (χ4v) is 10.2. The second kappa shape index (κ2) is 18.0. The number of hydrogen-bond acceptors (Lipinski definition) is 3. The zero-order valence-corrected chi connectivity index (χ0v) is 42.9. The first-order chi connectivity index (χ1) is 34.0. The van der Waals surface area contributed by atoms with E-state index in [4.69, 9.17) is 5.10 Å². The zero-order chi connectivity index (χ0) is 47.7. The fourth-order valence-electron chi connectivity index (χ4n) is 10.2. The van der Waals surface area contributed by atoms with E-state index in [1.165, 1.54) is 43.4 Å². The molecule has 13 rings (SSSR count). The fraction of sp³-hybridized carbons (Fsp3) is 0.125. The van der Waals surface area contributed by atoms with Gasteiger partial charge in [-0.3, -0.25) is 0 Å². The van der Waals surface area contributed by atoms with Crippen molar-refractivity contribution in [2.24, 2.45) is 5.10 Å². The molecular formula is C64H54AuN6-2. The van der Waals surface area contributed by atoms with Crippen LogP contribution in [-0.2, 0) is 33.2 Å². The summed E-state index contributed by atoms with van der Waals surface area (Å²) in [6.07, 6.45) is 0. The molecule has 0 aliphatic carbocycles. The van der Waals surface area contributed by atoms with Crippen LogP contribution in [0.15, 0.2) is 217 Å². The summed E-state index contributed by atoms with van der Waals surface area (Å²) in [5.74, 6) is 0.867. The van der Waals surface area contributed by atoms with Crippen LogP contribution in [0, 0.1) is 6.67 Å². The van der Waals surface area contributed by atoms with E-state index in [1.54, 1.807) is 0 Å². The zero-order valence-electron chi connectivity index (χ0n) is 40.8. The average molecular weight is 1100 g/mol. The molecule has 0 saturated heterocycles. The van der Waals surface area contributed by atoms with Crippen LogP contribution in [0.25, 0.3) is 76.8 Å². The first-order valence-corrected chi connectivity index (χ1v) is 24.3. The molecule has 0 atom stereocenters. The summed E-state index contributed by atoms with van der Waals surface area (Å²) in [5.41, 5.74) is 14.4. The van der Waals surface area contributed by atoms with E-state index in [1.807, 2.05) is 12.1 Å². The van der Waals surface area contributed by atoms with Gasteiger partial charge in [-0.05, 0) is 81.3 Å². The molecule has 0 fully saturated rings. The molecule has 9 aromatic carbocycles. The monoisotopic (exact) mass is 1100 g/mol. The molecule has 0 spiro atoms. The van der Waals surface area contributed by atoms with Crippen molar-refractivity contribution in [1.29, 1.82) is 0 Å². The summed E-state index contributed by atoms with van der Waals surface area (Å²) >= 11 is 0. The number of nitrogens with zero attached hydrogens (tertiary/aromatic N) is 6. The van der Waals surface area contributed by atoms with Gasteiger partial charge >= 0.3 is 0 Å².